The lowest BCUT2D eigenvalue weighted by atomic mass is 10.1. The fourth-order valence-electron chi connectivity index (χ4n) is 3.12. The Hall–Kier alpha value is -2.08. The number of carbonyl (C=O) groups excluding carboxylic acids is 1. The van der Waals surface area contributed by atoms with Gasteiger partial charge in [0, 0.05) is 36.0 Å². The van der Waals surface area contributed by atoms with E-state index in [4.69, 9.17) is 0 Å². The molecule has 2 heterocycles. The van der Waals surface area contributed by atoms with Crippen molar-refractivity contribution < 1.29 is 4.79 Å². The number of carbonyl (C=O) groups is 1. The molecule has 1 saturated heterocycles. The molecule has 0 spiro atoms. The molecule has 3 rings (SSSR count). The highest BCUT2D eigenvalue weighted by molar-refractivity contribution is 7.09. The topological polar surface area (TPSA) is 57.3 Å². The minimum atomic E-state index is -0.189. The van der Waals surface area contributed by atoms with Crippen molar-refractivity contribution in [1.82, 2.24) is 10.3 Å². The minimum Gasteiger partial charge on any atom is -0.371 e. The normalized spacial score (nSPS) is 15.3. The highest BCUT2D eigenvalue weighted by Crippen LogP contribution is 2.27. The summed E-state index contributed by atoms with van der Waals surface area (Å²) >= 11 is 1.56. The summed E-state index contributed by atoms with van der Waals surface area (Å²) in [6.07, 6.45) is 5.10. The van der Waals surface area contributed by atoms with Crippen molar-refractivity contribution in [3.05, 3.63) is 40.3 Å². The van der Waals surface area contributed by atoms with E-state index in [9.17, 15) is 4.79 Å². The maximum atomic E-state index is 12.3. The van der Waals surface area contributed by atoms with E-state index >= 15 is 0 Å². The third-order valence-electron chi connectivity index (χ3n) is 4.36. The minimum absolute atomic E-state index is 0.0463. The van der Waals surface area contributed by atoms with Crippen LogP contribution in [-0.2, 0) is 0 Å². The van der Waals surface area contributed by atoms with Gasteiger partial charge in [-0.2, -0.15) is 0 Å². The molecule has 0 bridgehead atoms. The highest BCUT2D eigenvalue weighted by atomic mass is 32.1. The van der Waals surface area contributed by atoms with Gasteiger partial charge in [-0.15, -0.1) is 11.3 Å². The van der Waals surface area contributed by atoms with Crippen LogP contribution in [-0.4, -0.2) is 24.1 Å². The second kappa shape index (κ2) is 7.66. The van der Waals surface area contributed by atoms with Gasteiger partial charge in [-0.1, -0.05) is 6.92 Å². The second-order valence-electron chi connectivity index (χ2n) is 6.13. The smallest absolute Gasteiger partial charge is 0.319 e. The summed E-state index contributed by atoms with van der Waals surface area (Å²) in [5.74, 6) is 0. The summed E-state index contributed by atoms with van der Waals surface area (Å²) in [7, 11) is 0. The molecule has 24 heavy (non-hydrogen) atoms. The van der Waals surface area contributed by atoms with E-state index in [0.717, 1.165) is 30.2 Å². The summed E-state index contributed by atoms with van der Waals surface area (Å²) in [6, 6.07) is 5.89. The number of aryl methyl sites for hydroxylation is 1. The Morgan fingerprint density at radius 3 is 2.79 bits per heavy atom. The van der Waals surface area contributed by atoms with Crippen LogP contribution in [0.15, 0.2) is 29.8 Å². The third kappa shape index (κ3) is 3.87. The van der Waals surface area contributed by atoms with Crippen molar-refractivity contribution in [2.24, 2.45) is 0 Å². The Labute approximate surface area is 147 Å². The molecule has 0 saturated carbocycles. The Balaban J connectivity index is 1.62. The van der Waals surface area contributed by atoms with Gasteiger partial charge in [-0.25, -0.2) is 9.78 Å². The zero-order valence-electron chi connectivity index (χ0n) is 14.2. The van der Waals surface area contributed by atoms with Gasteiger partial charge in [-0.3, -0.25) is 0 Å². The van der Waals surface area contributed by atoms with Crippen molar-refractivity contribution in [3.8, 4) is 0 Å². The van der Waals surface area contributed by atoms with Gasteiger partial charge in [0.15, 0.2) is 0 Å². The molecule has 2 amide bonds. The molecule has 128 valence electrons. The van der Waals surface area contributed by atoms with Gasteiger partial charge in [0.05, 0.1) is 6.04 Å². The average molecular weight is 344 g/mol. The van der Waals surface area contributed by atoms with Crippen LogP contribution in [0.4, 0.5) is 16.2 Å². The maximum Gasteiger partial charge on any atom is 0.319 e. The van der Waals surface area contributed by atoms with Crippen LogP contribution in [0, 0.1) is 6.92 Å². The van der Waals surface area contributed by atoms with Crippen LogP contribution in [0.3, 0.4) is 0 Å². The van der Waals surface area contributed by atoms with Gasteiger partial charge in [-0.05, 0) is 49.9 Å². The lowest BCUT2D eigenvalue weighted by Crippen LogP contribution is -2.32. The molecule has 0 radical (unpaired) electrons. The molecule has 1 aliphatic rings. The largest absolute Gasteiger partial charge is 0.371 e. The fraction of sp³-hybridized carbons (Fsp3) is 0.444. The monoisotopic (exact) mass is 344 g/mol. The van der Waals surface area contributed by atoms with Crippen LogP contribution >= 0.6 is 11.3 Å². The number of hydrogen-bond donors (Lipinski definition) is 2. The number of benzene rings is 1. The first-order valence-electron chi connectivity index (χ1n) is 8.50. The van der Waals surface area contributed by atoms with E-state index < -0.39 is 0 Å². The van der Waals surface area contributed by atoms with Crippen LogP contribution in [0.5, 0.6) is 0 Å². The van der Waals surface area contributed by atoms with Crippen molar-refractivity contribution in [3.63, 3.8) is 0 Å². The fourth-order valence-corrected chi connectivity index (χ4v) is 3.89. The molecule has 1 aliphatic heterocycles. The number of hydrogen-bond acceptors (Lipinski definition) is 4. The Morgan fingerprint density at radius 1 is 1.38 bits per heavy atom. The SMILES string of the molecule is CCC(NC(=O)Nc1ccc(N2CCCC2)c(C)c1)c1nccs1. The van der Waals surface area contributed by atoms with Crippen LogP contribution in [0.1, 0.15) is 42.8 Å². The van der Waals surface area contributed by atoms with E-state index in [2.05, 4.69) is 33.5 Å². The van der Waals surface area contributed by atoms with Gasteiger partial charge in [0.2, 0.25) is 0 Å². The first-order chi connectivity index (χ1) is 11.7. The van der Waals surface area contributed by atoms with E-state index in [1.54, 1.807) is 17.5 Å². The zero-order chi connectivity index (χ0) is 16.9. The summed E-state index contributed by atoms with van der Waals surface area (Å²) < 4.78 is 0. The van der Waals surface area contributed by atoms with E-state index in [1.165, 1.54) is 24.1 Å². The molecule has 1 unspecified atom stereocenters. The number of aromatic nitrogens is 1. The number of anilines is 2. The second-order valence-corrected chi connectivity index (χ2v) is 7.05. The lowest BCUT2D eigenvalue weighted by molar-refractivity contribution is 0.248. The summed E-state index contributed by atoms with van der Waals surface area (Å²) in [5.41, 5.74) is 3.29. The van der Waals surface area contributed by atoms with Crippen LogP contribution in [0.25, 0.3) is 0 Å². The average Bonchev–Trinajstić information content (AvgIpc) is 3.26. The Morgan fingerprint density at radius 2 is 2.17 bits per heavy atom. The number of nitrogens with zero attached hydrogens (tertiary/aromatic N) is 2. The molecule has 0 aliphatic carbocycles. The van der Waals surface area contributed by atoms with Crippen molar-refractivity contribution in [2.45, 2.75) is 39.2 Å². The first-order valence-corrected chi connectivity index (χ1v) is 9.38. The van der Waals surface area contributed by atoms with E-state index in [0.29, 0.717) is 0 Å². The van der Waals surface area contributed by atoms with Gasteiger partial charge >= 0.3 is 6.03 Å². The molecular formula is C18H24N4OS. The number of thiazole rings is 1. The van der Waals surface area contributed by atoms with E-state index in [-0.39, 0.29) is 12.1 Å². The Kier molecular flexibility index (Phi) is 5.35. The maximum absolute atomic E-state index is 12.3. The van der Waals surface area contributed by atoms with E-state index in [1.807, 2.05) is 24.4 Å². The Bertz CT molecular complexity index is 680. The molecule has 6 heteroatoms. The zero-order valence-corrected chi connectivity index (χ0v) is 15.0. The molecule has 5 nitrogen and oxygen atoms in total. The molecule has 1 aromatic heterocycles. The van der Waals surface area contributed by atoms with Crippen molar-refractivity contribution >= 4 is 28.7 Å². The molecule has 2 N–H and O–H groups in total. The predicted octanol–water partition coefficient (Wildman–Crippen LogP) is 4.32. The molecule has 1 fully saturated rings. The summed E-state index contributed by atoms with van der Waals surface area (Å²) in [4.78, 5) is 19.0. The standard InChI is InChI=1S/C18H24N4OS/c1-3-15(17-19-8-11-24-17)21-18(23)20-14-6-7-16(13(2)12-14)22-9-4-5-10-22/h6-8,11-12,15H,3-5,9-10H2,1-2H3,(H2,20,21,23). The number of nitrogens with one attached hydrogen (secondary N) is 2. The van der Waals surface area contributed by atoms with Crippen molar-refractivity contribution in [1.29, 1.82) is 0 Å². The molecular weight excluding hydrogens is 320 g/mol. The van der Waals surface area contributed by atoms with Gasteiger partial charge in [0.1, 0.15) is 5.01 Å². The summed E-state index contributed by atoms with van der Waals surface area (Å²) in [6.45, 7) is 6.39. The number of amides is 2. The van der Waals surface area contributed by atoms with Crippen LogP contribution in [0.2, 0.25) is 0 Å². The molecule has 1 atom stereocenters. The number of urea groups is 1. The highest BCUT2D eigenvalue weighted by Gasteiger charge is 2.17. The lowest BCUT2D eigenvalue weighted by Gasteiger charge is -2.21. The molecule has 2 aromatic rings. The van der Waals surface area contributed by atoms with Gasteiger partial charge < -0.3 is 15.5 Å². The first kappa shape index (κ1) is 16.8. The summed E-state index contributed by atoms with van der Waals surface area (Å²) in [5, 5.41) is 8.80. The third-order valence-corrected chi connectivity index (χ3v) is 5.25. The quantitative estimate of drug-likeness (QED) is 0.849. The molecule has 1 aromatic carbocycles. The predicted molar refractivity (Wildman–Crippen MR) is 99.9 cm³/mol. The van der Waals surface area contributed by atoms with Crippen molar-refractivity contribution in [2.75, 3.05) is 23.3 Å². The van der Waals surface area contributed by atoms with Crippen LogP contribution < -0.4 is 15.5 Å². The van der Waals surface area contributed by atoms with Gasteiger partial charge in [0.25, 0.3) is 0 Å². The number of rotatable bonds is 5.